The van der Waals surface area contributed by atoms with Crippen LogP contribution in [0.2, 0.25) is 0 Å². The van der Waals surface area contributed by atoms with Gasteiger partial charge in [0.25, 0.3) is 5.60 Å². The van der Waals surface area contributed by atoms with E-state index in [-0.39, 0.29) is 5.92 Å². The number of carboxylic acid groups (broad SMARTS) is 1. The molecular formula is C19H26O6. The van der Waals surface area contributed by atoms with E-state index in [2.05, 4.69) is 0 Å². The van der Waals surface area contributed by atoms with Crippen molar-refractivity contribution >= 4 is 11.9 Å². The van der Waals surface area contributed by atoms with Crippen molar-refractivity contribution in [2.24, 2.45) is 11.8 Å². The third-order valence-corrected chi connectivity index (χ3v) is 5.07. The van der Waals surface area contributed by atoms with E-state index in [1.165, 1.54) is 0 Å². The minimum Gasteiger partial charge on any atom is -0.497 e. The normalized spacial score (nSPS) is 19.0. The van der Waals surface area contributed by atoms with Crippen LogP contribution in [-0.2, 0) is 20.7 Å². The highest BCUT2D eigenvalue weighted by Gasteiger charge is 2.56. The Kier molecular flexibility index (Phi) is 5.42. The second-order valence-corrected chi connectivity index (χ2v) is 7.21. The lowest BCUT2D eigenvalue weighted by Gasteiger charge is -2.32. The van der Waals surface area contributed by atoms with Gasteiger partial charge in [-0.05, 0) is 36.5 Å². The molecule has 0 heterocycles. The van der Waals surface area contributed by atoms with Crippen LogP contribution < -0.4 is 4.74 Å². The maximum Gasteiger partial charge on any atom is 0.350 e. The predicted octanol–water partition coefficient (Wildman–Crippen LogP) is 2.42. The second-order valence-electron chi connectivity index (χ2n) is 7.21. The first-order chi connectivity index (χ1) is 11.6. The monoisotopic (exact) mass is 350 g/mol. The molecule has 138 valence electrons. The number of carbonyl (C=O) groups excluding carboxylic acids is 1. The van der Waals surface area contributed by atoms with Crippen LogP contribution in [0.5, 0.6) is 5.75 Å². The van der Waals surface area contributed by atoms with Gasteiger partial charge < -0.3 is 19.7 Å². The number of hydrogen-bond donors (Lipinski definition) is 2. The first-order valence-corrected chi connectivity index (χ1v) is 8.47. The molecule has 0 bridgehead atoms. The van der Waals surface area contributed by atoms with Crippen LogP contribution in [0.1, 0.15) is 39.2 Å². The minimum atomic E-state index is -2.54. The van der Waals surface area contributed by atoms with Crippen molar-refractivity contribution in [2.45, 2.75) is 51.2 Å². The Bertz CT molecular complexity index is 649. The molecule has 0 amide bonds. The first kappa shape index (κ1) is 19.2. The summed E-state index contributed by atoms with van der Waals surface area (Å²) in [6.45, 7) is 5.06. The van der Waals surface area contributed by atoms with E-state index < -0.39 is 29.1 Å². The molecule has 0 saturated heterocycles. The zero-order valence-electron chi connectivity index (χ0n) is 15.1. The standard InChI is InChI=1S/C19H26O6/c1-12(2)13(3)19(23,16(20)21)17(22)25-18(8-9-18)11-14-6-5-7-15(10-14)24-4/h5-7,10,12-13,23H,8-9,11H2,1-4H3,(H,20,21)/t13?,19-/m0/s1. The van der Waals surface area contributed by atoms with Crippen molar-refractivity contribution in [1.82, 2.24) is 0 Å². The van der Waals surface area contributed by atoms with Gasteiger partial charge in [-0.2, -0.15) is 0 Å². The molecule has 1 aromatic carbocycles. The summed E-state index contributed by atoms with van der Waals surface area (Å²) in [6, 6.07) is 7.42. The molecule has 1 aromatic rings. The summed E-state index contributed by atoms with van der Waals surface area (Å²) in [5.74, 6) is -2.92. The molecule has 25 heavy (non-hydrogen) atoms. The van der Waals surface area contributed by atoms with Crippen molar-refractivity contribution in [1.29, 1.82) is 0 Å². The Balaban J connectivity index is 2.16. The van der Waals surface area contributed by atoms with Crippen LogP contribution in [0.25, 0.3) is 0 Å². The maximum absolute atomic E-state index is 12.5. The van der Waals surface area contributed by atoms with E-state index >= 15 is 0 Å². The topological polar surface area (TPSA) is 93.1 Å². The third-order valence-electron chi connectivity index (χ3n) is 5.07. The fourth-order valence-electron chi connectivity index (χ4n) is 2.83. The Morgan fingerprint density at radius 3 is 2.40 bits per heavy atom. The third kappa shape index (κ3) is 3.95. The molecule has 2 N–H and O–H groups in total. The zero-order valence-corrected chi connectivity index (χ0v) is 15.1. The predicted molar refractivity (Wildman–Crippen MR) is 91.3 cm³/mol. The molecule has 2 atom stereocenters. The van der Waals surface area contributed by atoms with Crippen molar-refractivity contribution in [3.63, 3.8) is 0 Å². The van der Waals surface area contributed by atoms with E-state index in [9.17, 15) is 19.8 Å². The SMILES string of the molecule is COc1cccc(CC2(OC(=O)[C@@](O)(C(=O)O)C(C)C(C)C)CC2)c1. The summed E-state index contributed by atoms with van der Waals surface area (Å²) in [5, 5.41) is 20.0. The van der Waals surface area contributed by atoms with Crippen LogP contribution >= 0.6 is 0 Å². The molecule has 2 rings (SSSR count). The molecule has 1 unspecified atom stereocenters. The van der Waals surface area contributed by atoms with Crippen molar-refractivity contribution < 1.29 is 29.3 Å². The van der Waals surface area contributed by atoms with Gasteiger partial charge >= 0.3 is 11.9 Å². The molecule has 6 nitrogen and oxygen atoms in total. The fourth-order valence-corrected chi connectivity index (χ4v) is 2.83. The summed E-state index contributed by atoms with van der Waals surface area (Å²) in [7, 11) is 1.58. The number of esters is 1. The summed E-state index contributed by atoms with van der Waals surface area (Å²) in [6.07, 6.45) is 1.74. The van der Waals surface area contributed by atoms with Gasteiger partial charge in [0.1, 0.15) is 11.4 Å². The second kappa shape index (κ2) is 7.04. The van der Waals surface area contributed by atoms with Crippen LogP contribution in [0, 0.1) is 11.8 Å². The summed E-state index contributed by atoms with van der Waals surface area (Å²) >= 11 is 0. The van der Waals surface area contributed by atoms with Gasteiger partial charge in [0.2, 0.25) is 0 Å². The Morgan fingerprint density at radius 2 is 1.92 bits per heavy atom. The molecule has 0 aromatic heterocycles. The quantitative estimate of drug-likeness (QED) is 0.552. The molecule has 0 aliphatic heterocycles. The van der Waals surface area contributed by atoms with Crippen LogP contribution in [0.15, 0.2) is 24.3 Å². The van der Waals surface area contributed by atoms with Gasteiger partial charge in [-0.1, -0.05) is 32.9 Å². The van der Waals surface area contributed by atoms with Gasteiger partial charge in [0.05, 0.1) is 7.11 Å². The summed E-state index contributed by atoms with van der Waals surface area (Å²) in [4.78, 5) is 24.1. The van der Waals surface area contributed by atoms with E-state index in [4.69, 9.17) is 9.47 Å². The number of carbonyl (C=O) groups is 2. The number of benzene rings is 1. The minimum absolute atomic E-state index is 0.192. The largest absolute Gasteiger partial charge is 0.497 e. The van der Waals surface area contributed by atoms with Gasteiger partial charge in [0.15, 0.2) is 0 Å². The number of carboxylic acids is 1. The molecule has 6 heteroatoms. The van der Waals surface area contributed by atoms with E-state index in [1.807, 2.05) is 24.3 Å². The molecule has 1 aliphatic rings. The zero-order chi connectivity index (χ0) is 18.8. The van der Waals surface area contributed by atoms with Crippen LogP contribution in [-0.4, -0.2) is 40.5 Å². The van der Waals surface area contributed by atoms with E-state index in [0.29, 0.717) is 25.0 Å². The number of aliphatic hydroxyl groups is 1. The van der Waals surface area contributed by atoms with E-state index in [1.54, 1.807) is 27.9 Å². The smallest absolute Gasteiger partial charge is 0.350 e. The lowest BCUT2D eigenvalue weighted by Crippen LogP contribution is -2.55. The first-order valence-electron chi connectivity index (χ1n) is 8.47. The average Bonchev–Trinajstić information content (AvgIpc) is 3.31. The lowest BCUT2D eigenvalue weighted by atomic mass is 9.81. The Hall–Kier alpha value is -2.08. The number of aliphatic carboxylic acids is 1. The van der Waals surface area contributed by atoms with Gasteiger partial charge in [0, 0.05) is 12.3 Å². The molecule has 1 saturated carbocycles. The highest BCUT2D eigenvalue weighted by atomic mass is 16.6. The van der Waals surface area contributed by atoms with Crippen LogP contribution in [0.4, 0.5) is 0 Å². The average molecular weight is 350 g/mol. The van der Waals surface area contributed by atoms with Crippen molar-refractivity contribution in [3.8, 4) is 5.75 Å². The fraction of sp³-hybridized carbons (Fsp3) is 0.579. The van der Waals surface area contributed by atoms with Gasteiger partial charge in [-0.3, -0.25) is 0 Å². The van der Waals surface area contributed by atoms with Crippen molar-refractivity contribution in [3.05, 3.63) is 29.8 Å². The Labute approximate surface area is 147 Å². The van der Waals surface area contributed by atoms with Crippen molar-refractivity contribution in [2.75, 3.05) is 7.11 Å². The summed E-state index contributed by atoms with van der Waals surface area (Å²) < 4.78 is 10.7. The molecule has 1 aliphatic carbocycles. The number of ether oxygens (including phenoxy) is 2. The van der Waals surface area contributed by atoms with Gasteiger partial charge in [-0.25, -0.2) is 9.59 Å². The molecule has 0 radical (unpaired) electrons. The lowest BCUT2D eigenvalue weighted by molar-refractivity contribution is -0.193. The number of rotatable bonds is 8. The van der Waals surface area contributed by atoms with Gasteiger partial charge in [-0.15, -0.1) is 0 Å². The highest BCUT2D eigenvalue weighted by molar-refractivity contribution is 6.03. The molecule has 0 spiro atoms. The highest BCUT2D eigenvalue weighted by Crippen LogP contribution is 2.44. The number of methoxy groups -OCH3 is 1. The van der Waals surface area contributed by atoms with Crippen LogP contribution in [0.3, 0.4) is 0 Å². The Morgan fingerprint density at radius 1 is 1.28 bits per heavy atom. The summed E-state index contributed by atoms with van der Waals surface area (Å²) in [5.41, 5.74) is -2.36. The molecule has 1 fully saturated rings. The number of hydrogen-bond acceptors (Lipinski definition) is 5. The maximum atomic E-state index is 12.5. The van der Waals surface area contributed by atoms with E-state index in [0.717, 1.165) is 5.56 Å². The molecular weight excluding hydrogens is 324 g/mol.